The van der Waals surface area contributed by atoms with Gasteiger partial charge in [-0.25, -0.2) is 4.39 Å². The highest BCUT2D eigenvalue weighted by atomic mass is 19.1. The Hall–Kier alpha value is -0.930. The van der Waals surface area contributed by atoms with E-state index in [-0.39, 0.29) is 11.9 Å². The largest absolute Gasteiger partial charge is 0.374 e. The predicted molar refractivity (Wildman–Crippen MR) is 61.7 cm³/mol. The third-order valence-corrected chi connectivity index (χ3v) is 3.13. The van der Waals surface area contributed by atoms with Crippen molar-refractivity contribution < 1.29 is 9.13 Å². The van der Waals surface area contributed by atoms with Gasteiger partial charge in [-0.3, -0.25) is 0 Å². The molecule has 0 spiro atoms. The molecule has 0 aromatic heterocycles. The van der Waals surface area contributed by atoms with Crippen molar-refractivity contribution in [3.8, 4) is 0 Å². The van der Waals surface area contributed by atoms with Gasteiger partial charge in [-0.1, -0.05) is 12.1 Å². The van der Waals surface area contributed by atoms with Crippen molar-refractivity contribution in [3.63, 3.8) is 0 Å². The van der Waals surface area contributed by atoms with Crippen LogP contribution in [0.5, 0.6) is 0 Å². The standard InChI is InChI=1S/C13H18FNO/c14-11-4-1-10(2-5-11)3-6-12-7-8-13(9-15)16-12/h1-2,4-5,12-13H,3,6-9,15H2. The zero-order chi connectivity index (χ0) is 11.4. The van der Waals surface area contributed by atoms with E-state index in [9.17, 15) is 4.39 Å². The zero-order valence-corrected chi connectivity index (χ0v) is 9.36. The van der Waals surface area contributed by atoms with E-state index in [4.69, 9.17) is 10.5 Å². The van der Waals surface area contributed by atoms with Crippen molar-refractivity contribution in [2.24, 2.45) is 5.73 Å². The van der Waals surface area contributed by atoms with E-state index in [0.717, 1.165) is 25.7 Å². The first-order valence-electron chi connectivity index (χ1n) is 5.88. The molecule has 1 aromatic carbocycles. The lowest BCUT2D eigenvalue weighted by Gasteiger charge is -2.12. The second kappa shape index (κ2) is 5.41. The molecule has 0 bridgehead atoms. The number of halogens is 1. The van der Waals surface area contributed by atoms with Gasteiger partial charge in [-0.2, -0.15) is 0 Å². The van der Waals surface area contributed by atoms with Gasteiger partial charge in [0.05, 0.1) is 12.2 Å². The summed E-state index contributed by atoms with van der Waals surface area (Å²) in [6.45, 7) is 0.618. The maximum absolute atomic E-state index is 12.7. The Morgan fingerprint density at radius 1 is 1.19 bits per heavy atom. The van der Waals surface area contributed by atoms with E-state index in [1.165, 1.54) is 17.7 Å². The van der Waals surface area contributed by atoms with Gasteiger partial charge in [-0.15, -0.1) is 0 Å². The first-order valence-corrected chi connectivity index (χ1v) is 5.88. The lowest BCUT2D eigenvalue weighted by molar-refractivity contribution is 0.0458. The van der Waals surface area contributed by atoms with Gasteiger partial charge in [0.1, 0.15) is 5.82 Å². The van der Waals surface area contributed by atoms with Crippen LogP contribution in [-0.4, -0.2) is 18.8 Å². The summed E-state index contributed by atoms with van der Waals surface area (Å²) < 4.78 is 18.4. The molecule has 3 heteroatoms. The van der Waals surface area contributed by atoms with Gasteiger partial charge < -0.3 is 10.5 Å². The van der Waals surface area contributed by atoms with Crippen LogP contribution in [0.1, 0.15) is 24.8 Å². The molecular weight excluding hydrogens is 205 g/mol. The average molecular weight is 223 g/mol. The molecule has 2 unspecified atom stereocenters. The van der Waals surface area contributed by atoms with E-state index in [0.29, 0.717) is 12.6 Å². The molecule has 2 rings (SSSR count). The Labute approximate surface area is 95.6 Å². The zero-order valence-electron chi connectivity index (χ0n) is 9.36. The fourth-order valence-electron chi connectivity index (χ4n) is 2.14. The van der Waals surface area contributed by atoms with Crippen LogP contribution in [0.4, 0.5) is 4.39 Å². The summed E-state index contributed by atoms with van der Waals surface area (Å²) in [5.41, 5.74) is 6.72. The Kier molecular flexibility index (Phi) is 3.91. The van der Waals surface area contributed by atoms with Crippen molar-refractivity contribution in [3.05, 3.63) is 35.6 Å². The topological polar surface area (TPSA) is 35.2 Å². The summed E-state index contributed by atoms with van der Waals surface area (Å²) in [4.78, 5) is 0. The summed E-state index contributed by atoms with van der Waals surface area (Å²) in [7, 11) is 0. The van der Waals surface area contributed by atoms with Gasteiger partial charge in [0, 0.05) is 6.54 Å². The van der Waals surface area contributed by atoms with E-state index >= 15 is 0 Å². The molecule has 1 aromatic rings. The molecule has 88 valence electrons. The first-order chi connectivity index (χ1) is 7.78. The predicted octanol–water partition coefficient (Wildman–Crippen LogP) is 2.26. The molecule has 0 amide bonds. The Bertz CT molecular complexity index is 325. The number of benzene rings is 1. The number of nitrogens with two attached hydrogens (primary N) is 1. The van der Waals surface area contributed by atoms with Gasteiger partial charge >= 0.3 is 0 Å². The maximum Gasteiger partial charge on any atom is 0.123 e. The number of ether oxygens (including phenoxy) is 1. The summed E-state index contributed by atoms with van der Waals surface area (Å²) in [6, 6.07) is 6.69. The highest BCUT2D eigenvalue weighted by Crippen LogP contribution is 2.22. The Balaban J connectivity index is 1.77. The number of hydrogen-bond donors (Lipinski definition) is 1. The minimum atomic E-state index is -0.177. The molecule has 2 atom stereocenters. The van der Waals surface area contributed by atoms with Crippen LogP contribution in [-0.2, 0) is 11.2 Å². The molecule has 0 saturated carbocycles. The fraction of sp³-hybridized carbons (Fsp3) is 0.538. The van der Waals surface area contributed by atoms with Crippen molar-refractivity contribution in [1.82, 2.24) is 0 Å². The number of hydrogen-bond acceptors (Lipinski definition) is 2. The first kappa shape index (κ1) is 11.6. The maximum atomic E-state index is 12.7. The summed E-state index contributed by atoms with van der Waals surface area (Å²) in [5, 5.41) is 0. The van der Waals surface area contributed by atoms with Gasteiger partial charge in [0.2, 0.25) is 0 Å². The van der Waals surface area contributed by atoms with Crippen LogP contribution < -0.4 is 5.73 Å². The van der Waals surface area contributed by atoms with E-state index in [2.05, 4.69) is 0 Å². The van der Waals surface area contributed by atoms with Crippen LogP contribution in [0.25, 0.3) is 0 Å². The number of rotatable bonds is 4. The molecule has 0 radical (unpaired) electrons. The highest BCUT2D eigenvalue weighted by molar-refractivity contribution is 5.16. The minimum Gasteiger partial charge on any atom is -0.374 e. The normalized spacial score (nSPS) is 24.9. The third-order valence-electron chi connectivity index (χ3n) is 3.13. The van der Waals surface area contributed by atoms with Crippen molar-refractivity contribution in [2.45, 2.75) is 37.9 Å². The molecule has 16 heavy (non-hydrogen) atoms. The summed E-state index contributed by atoms with van der Waals surface area (Å²) >= 11 is 0. The lowest BCUT2D eigenvalue weighted by atomic mass is 10.0. The molecule has 1 aliphatic heterocycles. The SMILES string of the molecule is NCC1CCC(CCc2ccc(F)cc2)O1. The van der Waals surface area contributed by atoms with Crippen molar-refractivity contribution in [1.29, 1.82) is 0 Å². The second-order valence-electron chi connectivity index (χ2n) is 4.36. The highest BCUT2D eigenvalue weighted by Gasteiger charge is 2.23. The van der Waals surface area contributed by atoms with Crippen LogP contribution >= 0.6 is 0 Å². The van der Waals surface area contributed by atoms with Crippen LogP contribution in [0.2, 0.25) is 0 Å². The minimum absolute atomic E-state index is 0.177. The van der Waals surface area contributed by atoms with Gasteiger partial charge in [-0.05, 0) is 43.4 Å². The van der Waals surface area contributed by atoms with E-state index in [1.54, 1.807) is 0 Å². The van der Waals surface area contributed by atoms with E-state index < -0.39 is 0 Å². The molecular formula is C13H18FNO. The van der Waals surface area contributed by atoms with Crippen LogP contribution in [0, 0.1) is 5.82 Å². The van der Waals surface area contributed by atoms with Crippen molar-refractivity contribution >= 4 is 0 Å². The second-order valence-corrected chi connectivity index (χ2v) is 4.36. The third kappa shape index (κ3) is 3.03. The Morgan fingerprint density at radius 2 is 1.88 bits per heavy atom. The molecule has 2 nitrogen and oxygen atoms in total. The van der Waals surface area contributed by atoms with E-state index in [1.807, 2.05) is 12.1 Å². The Morgan fingerprint density at radius 3 is 2.50 bits per heavy atom. The summed E-state index contributed by atoms with van der Waals surface area (Å²) in [6.07, 6.45) is 4.70. The summed E-state index contributed by atoms with van der Waals surface area (Å²) in [5.74, 6) is -0.177. The number of aryl methyl sites for hydroxylation is 1. The van der Waals surface area contributed by atoms with Crippen LogP contribution in [0.15, 0.2) is 24.3 Å². The molecule has 1 saturated heterocycles. The quantitative estimate of drug-likeness (QED) is 0.849. The van der Waals surface area contributed by atoms with Crippen LogP contribution in [0.3, 0.4) is 0 Å². The van der Waals surface area contributed by atoms with Gasteiger partial charge in [0.25, 0.3) is 0 Å². The molecule has 1 heterocycles. The smallest absolute Gasteiger partial charge is 0.123 e. The average Bonchev–Trinajstić information content (AvgIpc) is 2.76. The monoisotopic (exact) mass is 223 g/mol. The van der Waals surface area contributed by atoms with Gasteiger partial charge in [0.15, 0.2) is 0 Å². The molecule has 0 aliphatic carbocycles. The molecule has 1 aliphatic rings. The fourth-order valence-corrected chi connectivity index (χ4v) is 2.14. The van der Waals surface area contributed by atoms with Crippen molar-refractivity contribution in [2.75, 3.05) is 6.54 Å². The molecule has 1 fully saturated rings. The molecule has 2 N–H and O–H groups in total. The lowest BCUT2D eigenvalue weighted by Crippen LogP contribution is -2.20.